The van der Waals surface area contributed by atoms with Crippen LogP contribution in [0.2, 0.25) is 0 Å². The summed E-state index contributed by atoms with van der Waals surface area (Å²) in [7, 11) is 12.1. The summed E-state index contributed by atoms with van der Waals surface area (Å²) in [4.78, 5) is 45.9. The van der Waals surface area contributed by atoms with Gasteiger partial charge in [0.15, 0.2) is 45.3 Å². The van der Waals surface area contributed by atoms with Crippen molar-refractivity contribution < 1.29 is 76.0 Å². The second-order valence-corrected chi connectivity index (χ2v) is 13.9. The molecule has 8 rings (SSSR count). The Balaban J connectivity index is 0.000000169. The smallest absolute Gasteiger partial charge is 0.341 e. The van der Waals surface area contributed by atoms with Crippen molar-refractivity contribution in [3.05, 3.63) is 137 Å². The number of methoxy groups -OCH3 is 8. The molecule has 0 saturated heterocycles. The summed E-state index contributed by atoms with van der Waals surface area (Å²) >= 11 is 0. The van der Waals surface area contributed by atoms with Gasteiger partial charge in [0, 0.05) is 45.8 Å². The summed E-state index contributed by atoms with van der Waals surface area (Å²) in [5, 5.41) is 38.6. The van der Waals surface area contributed by atoms with Crippen LogP contribution in [0.5, 0.6) is 46.0 Å². The van der Waals surface area contributed by atoms with E-state index in [2.05, 4.69) is 0 Å². The van der Waals surface area contributed by atoms with E-state index in [1.807, 2.05) is 0 Å². The van der Waals surface area contributed by atoms with Crippen LogP contribution in [0.25, 0.3) is 43.9 Å². The summed E-state index contributed by atoms with van der Waals surface area (Å²) in [5.74, 6) is 4.03. The molecule has 0 saturated carbocycles. The van der Waals surface area contributed by atoms with E-state index in [1.54, 1.807) is 72.8 Å². The molecule has 20 heteroatoms. The zero-order valence-corrected chi connectivity index (χ0v) is 38.1. The lowest BCUT2D eigenvalue weighted by molar-refractivity contribution is 0.275. The second-order valence-electron chi connectivity index (χ2n) is 13.9. The molecule has 4 N–H and O–H groups in total. The molecule has 0 spiro atoms. The molecule has 0 aliphatic carbocycles. The van der Waals surface area contributed by atoms with Gasteiger partial charge >= 0.3 is 22.5 Å². The molecule has 0 amide bonds. The van der Waals surface area contributed by atoms with Gasteiger partial charge in [-0.2, -0.15) is 0 Å². The third kappa shape index (κ3) is 11.5. The molecule has 360 valence electrons. The summed E-state index contributed by atoms with van der Waals surface area (Å²) in [6.07, 6.45) is 0. The van der Waals surface area contributed by atoms with E-state index in [0.717, 1.165) is 0 Å². The molecule has 0 aliphatic heterocycles. The zero-order chi connectivity index (χ0) is 49.7. The summed E-state index contributed by atoms with van der Waals surface area (Å²) < 4.78 is 61.4. The van der Waals surface area contributed by atoms with Gasteiger partial charge < -0.3 is 76.0 Å². The highest BCUT2D eigenvalue weighted by Crippen LogP contribution is 2.34. The van der Waals surface area contributed by atoms with Crippen molar-refractivity contribution in [3.8, 4) is 46.0 Å². The topological polar surface area (TPSA) is 276 Å². The molecule has 20 nitrogen and oxygen atoms in total. The van der Waals surface area contributed by atoms with Gasteiger partial charge in [0.2, 0.25) is 0 Å². The Kier molecular flexibility index (Phi) is 17.5. The molecule has 4 heterocycles. The largest absolute Gasteiger partial charge is 0.497 e. The molecular formula is C48H48O20. The Morgan fingerprint density at radius 3 is 0.647 bits per heavy atom. The third-order valence-corrected chi connectivity index (χ3v) is 9.88. The minimum absolute atomic E-state index is 0.202. The van der Waals surface area contributed by atoms with E-state index in [9.17, 15) is 19.2 Å². The number of aliphatic hydroxyl groups is 4. The first-order valence-electron chi connectivity index (χ1n) is 20.0. The predicted molar refractivity (Wildman–Crippen MR) is 246 cm³/mol. The maximum Gasteiger partial charge on any atom is 0.341 e. The minimum atomic E-state index is -0.566. The first-order chi connectivity index (χ1) is 32.8. The molecular weight excluding hydrogens is 897 g/mol. The van der Waals surface area contributed by atoms with Crippen LogP contribution in [0.3, 0.4) is 0 Å². The molecule has 0 bridgehead atoms. The summed E-state index contributed by atoms with van der Waals surface area (Å²) in [6.45, 7) is -1.45. The Bertz CT molecular complexity index is 2840. The zero-order valence-electron chi connectivity index (χ0n) is 38.1. The number of rotatable bonds is 12. The SMILES string of the molecule is COc1cc(OC)c2oc(=O)c(CO)cc2c1.COc1cc(OC)c2oc(=O)c(CO)cc2c1.COc1cc(OC)c2oc(=O)c(CO)cc2c1.COc1cc(OC)c2oc(=O)c(CO)cc2c1. The number of ether oxygens (including phenoxy) is 8. The van der Waals surface area contributed by atoms with Crippen LogP contribution >= 0.6 is 0 Å². The van der Waals surface area contributed by atoms with Gasteiger partial charge in [0.05, 0.1) is 106 Å². The first kappa shape index (κ1) is 51.0. The van der Waals surface area contributed by atoms with Gasteiger partial charge in [0.1, 0.15) is 23.0 Å². The third-order valence-electron chi connectivity index (χ3n) is 9.88. The Hall–Kier alpha value is -8.04. The van der Waals surface area contributed by atoms with Gasteiger partial charge in [-0.3, -0.25) is 0 Å². The fraction of sp³-hybridized carbons (Fsp3) is 0.250. The van der Waals surface area contributed by atoms with Crippen molar-refractivity contribution in [3.63, 3.8) is 0 Å². The monoisotopic (exact) mass is 944 g/mol. The van der Waals surface area contributed by atoms with Crippen molar-refractivity contribution in [1.29, 1.82) is 0 Å². The van der Waals surface area contributed by atoms with Crippen LogP contribution in [-0.2, 0) is 26.4 Å². The van der Waals surface area contributed by atoms with E-state index in [-0.39, 0.29) is 48.7 Å². The molecule has 8 aromatic rings. The lowest BCUT2D eigenvalue weighted by Gasteiger charge is -2.07. The predicted octanol–water partition coefficient (Wildman–Crippen LogP) is 5.21. The second kappa shape index (κ2) is 23.4. The fourth-order valence-electron chi connectivity index (χ4n) is 6.39. The quantitative estimate of drug-likeness (QED) is 0.114. The molecule has 0 unspecified atom stereocenters. The van der Waals surface area contributed by atoms with Crippen LogP contribution in [0, 0.1) is 0 Å². The van der Waals surface area contributed by atoms with Crippen LogP contribution < -0.4 is 60.4 Å². The lowest BCUT2D eigenvalue weighted by Crippen LogP contribution is -2.07. The number of fused-ring (bicyclic) bond motifs is 4. The van der Waals surface area contributed by atoms with Gasteiger partial charge in [0.25, 0.3) is 0 Å². The average Bonchev–Trinajstić information content (AvgIpc) is 3.37. The molecule has 4 aromatic heterocycles. The number of benzene rings is 4. The van der Waals surface area contributed by atoms with Crippen LogP contribution in [0.15, 0.2) is 110 Å². The van der Waals surface area contributed by atoms with Gasteiger partial charge in [-0.1, -0.05) is 0 Å². The normalized spacial score (nSPS) is 10.5. The first-order valence-corrected chi connectivity index (χ1v) is 20.0. The highest BCUT2D eigenvalue weighted by atomic mass is 16.5. The number of hydrogen-bond donors (Lipinski definition) is 4. The number of hydrogen-bond acceptors (Lipinski definition) is 20. The highest BCUT2D eigenvalue weighted by molar-refractivity contribution is 5.87. The Morgan fingerprint density at radius 2 is 0.500 bits per heavy atom. The molecule has 68 heavy (non-hydrogen) atoms. The molecule has 0 fully saturated rings. The lowest BCUT2D eigenvalue weighted by atomic mass is 10.1. The van der Waals surface area contributed by atoms with Gasteiger partial charge in [-0.25, -0.2) is 19.2 Å². The van der Waals surface area contributed by atoms with E-state index in [1.165, 1.54) is 56.9 Å². The molecule has 0 atom stereocenters. The van der Waals surface area contributed by atoms with Crippen molar-refractivity contribution >= 4 is 43.9 Å². The van der Waals surface area contributed by atoms with E-state index < -0.39 is 22.5 Å². The van der Waals surface area contributed by atoms with Crippen LogP contribution in [0.1, 0.15) is 22.3 Å². The Morgan fingerprint density at radius 1 is 0.309 bits per heavy atom. The van der Waals surface area contributed by atoms with E-state index in [0.29, 0.717) is 89.9 Å². The fourth-order valence-corrected chi connectivity index (χ4v) is 6.39. The maximum atomic E-state index is 11.5. The van der Waals surface area contributed by atoms with Crippen LogP contribution in [0.4, 0.5) is 0 Å². The van der Waals surface area contributed by atoms with Crippen molar-refractivity contribution in [1.82, 2.24) is 0 Å². The Labute approximate surface area is 385 Å². The van der Waals surface area contributed by atoms with Crippen molar-refractivity contribution in [2.45, 2.75) is 26.4 Å². The summed E-state index contributed by atoms with van der Waals surface area (Å²) in [5.41, 5.74) is -0.0860. The summed E-state index contributed by atoms with van der Waals surface area (Å²) in [6, 6.07) is 19.6. The highest BCUT2D eigenvalue weighted by Gasteiger charge is 2.15. The van der Waals surface area contributed by atoms with Gasteiger partial charge in [-0.15, -0.1) is 0 Å². The minimum Gasteiger partial charge on any atom is -0.497 e. The number of aliphatic hydroxyl groups excluding tert-OH is 4. The van der Waals surface area contributed by atoms with E-state index in [4.69, 9.17) is 76.0 Å². The molecule has 0 radical (unpaired) electrons. The molecule has 0 aliphatic rings. The van der Waals surface area contributed by atoms with E-state index >= 15 is 0 Å². The molecule has 4 aromatic carbocycles. The maximum absolute atomic E-state index is 11.5. The van der Waals surface area contributed by atoms with Crippen molar-refractivity contribution in [2.75, 3.05) is 56.9 Å². The van der Waals surface area contributed by atoms with Gasteiger partial charge in [-0.05, 0) is 48.5 Å². The van der Waals surface area contributed by atoms with Crippen molar-refractivity contribution in [2.24, 2.45) is 0 Å². The average molecular weight is 945 g/mol. The standard InChI is InChI=1S/4C12H12O5/c4*1-15-9-4-7-3-8(6-13)12(14)17-11(7)10(5-9)16-2/h4*3-5,13H,6H2,1-2H3. The van der Waals surface area contributed by atoms with Crippen LogP contribution in [-0.4, -0.2) is 77.3 Å².